The van der Waals surface area contributed by atoms with Gasteiger partial charge in [-0.15, -0.1) is 11.8 Å². The summed E-state index contributed by atoms with van der Waals surface area (Å²) < 4.78 is 5.86. The highest BCUT2D eigenvalue weighted by molar-refractivity contribution is 7.99. The SMILES string of the molecule is N#Cc1ccc(SCCC(=O)Nc2ccccc2Oc2ccccc2)cc1. The van der Waals surface area contributed by atoms with Crippen LogP contribution in [0.1, 0.15) is 12.0 Å². The van der Waals surface area contributed by atoms with Crippen LogP contribution in [0.15, 0.2) is 83.8 Å². The molecular weight excluding hydrogens is 356 g/mol. The summed E-state index contributed by atoms with van der Waals surface area (Å²) in [5.74, 6) is 1.91. The Balaban J connectivity index is 1.54. The molecule has 0 spiro atoms. The van der Waals surface area contributed by atoms with Crippen molar-refractivity contribution in [3.8, 4) is 17.6 Å². The number of nitriles is 1. The molecule has 5 heteroatoms. The molecule has 4 nitrogen and oxygen atoms in total. The second-order valence-electron chi connectivity index (χ2n) is 5.69. The summed E-state index contributed by atoms with van der Waals surface area (Å²) in [6.07, 6.45) is 0.379. The average molecular weight is 374 g/mol. The first-order valence-corrected chi connectivity index (χ1v) is 9.48. The lowest BCUT2D eigenvalue weighted by atomic mass is 10.2. The predicted molar refractivity (Wildman–Crippen MR) is 108 cm³/mol. The maximum absolute atomic E-state index is 12.3. The van der Waals surface area contributed by atoms with Gasteiger partial charge >= 0.3 is 0 Å². The summed E-state index contributed by atoms with van der Waals surface area (Å²) in [7, 11) is 0. The average Bonchev–Trinajstić information content (AvgIpc) is 2.71. The van der Waals surface area contributed by atoms with Crippen LogP contribution in [0.2, 0.25) is 0 Å². The number of anilines is 1. The molecule has 0 saturated heterocycles. The summed E-state index contributed by atoms with van der Waals surface area (Å²) >= 11 is 1.58. The first kappa shape index (κ1) is 18.6. The van der Waals surface area contributed by atoms with Gasteiger partial charge in [-0.2, -0.15) is 5.26 Å². The van der Waals surface area contributed by atoms with Gasteiger partial charge in [-0.1, -0.05) is 30.3 Å². The van der Waals surface area contributed by atoms with Crippen LogP contribution < -0.4 is 10.1 Å². The molecule has 0 aliphatic carbocycles. The Bertz CT molecular complexity index is 935. The quantitative estimate of drug-likeness (QED) is 0.557. The van der Waals surface area contributed by atoms with Crippen LogP contribution in [0.5, 0.6) is 11.5 Å². The Morgan fingerprint density at radius 2 is 1.67 bits per heavy atom. The fourth-order valence-electron chi connectivity index (χ4n) is 2.37. The van der Waals surface area contributed by atoms with E-state index in [-0.39, 0.29) is 5.91 Å². The molecule has 0 fully saturated rings. The fourth-order valence-corrected chi connectivity index (χ4v) is 3.23. The molecule has 0 aliphatic heterocycles. The zero-order chi connectivity index (χ0) is 18.9. The number of para-hydroxylation sites is 3. The highest BCUT2D eigenvalue weighted by atomic mass is 32.2. The number of rotatable bonds is 7. The Labute approximate surface area is 162 Å². The van der Waals surface area contributed by atoms with E-state index in [1.54, 1.807) is 23.9 Å². The predicted octanol–water partition coefficient (Wildman–Crippen LogP) is 5.47. The molecule has 0 aromatic heterocycles. The van der Waals surface area contributed by atoms with Crippen LogP contribution in [0, 0.1) is 11.3 Å². The summed E-state index contributed by atoms with van der Waals surface area (Å²) in [5.41, 5.74) is 1.28. The van der Waals surface area contributed by atoms with Crippen molar-refractivity contribution < 1.29 is 9.53 Å². The van der Waals surface area contributed by atoms with Gasteiger partial charge < -0.3 is 10.1 Å². The normalized spacial score (nSPS) is 10.0. The molecular formula is C22H18N2O2S. The summed E-state index contributed by atoms with van der Waals surface area (Å²) in [6, 6.07) is 26.3. The lowest BCUT2D eigenvalue weighted by Crippen LogP contribution is -2.12. The summed E-state index contributed by atoms with van der Waals surface area (Å²) in [5, 5.41) is 11.7. The number of nitrogens with one attached hydrogen (secondary N) is 1. The molecule has 0 atom stereocenters. The zero-order valence-corrected chi connectivity index (χ0v) is 15.4. The van der Waals surface area contributed by atoms with Crippen LogP contribution in [-0.4, -0.2) is 11.7 Å². The molecule has 1 amide bonds. The van der Waals surface area contributed by atoms with E-state index >= 15 is 0 Å². The zero-order valence-electron chi connectivity index (χ0n) is 14.6. The van der Waals surface area contributed by atoms with Crippen LogP contribution in [-0.2, 0) is 4.79 Å². The van der Waals surface area contributed by atoms with Gasteiger partial charge in [-0.3, -0.25) is 4.79 Å². The lowest BCUT2D eigenvalue weighted by molar-refractivity contribution is -0.115. The molecule has 0 saturated carbocycles. The number of thioether (sulfide) groups is 1. The monoisotopic (exact) mass is 374 g/mol. The minimum atomic E-state index is -0.0692. The third kappa shape index (κ3) is 5.63. The van der Waals surface area contributed by atoms with E-state index in [0.29, 0.717) is 29.2 Å². The number of benzene rings is 3. The molecule has 134 valence electrons. The minimum absolute atomic E-state index is 0.0692. The van der Waals surface area contributed by atoms with Crippen molar-refractivity contribution in [3.05, 3.63) is 84.4 Å². The Morgan fingerprint density at radius 3 is 2.41 bits per heavy atom. The largest absolute Gasteiger partial charge is 0.455 e. The molecule has 27 heavy (non-hydrogen) atoms. The van der Waals surface area contributed by atoms with Crippen molar-refractivity contribution in [1.82, 2.24) is 0 Å². The highest BCUT2D eigenvalue weighted by Crippen LogP contribution is 2.29. The second-order valence-corrected chi connectivity index (χ2v) is 6.86. The van der Waals surface area contributed by atoms with E-state index in [1.807, 2.05) is 66.7 Å². The maximum atomic E-state index is 12.3. The molecule has 0 radical (unpaired) electrons. The number of ether oxygens (including phenoxy) is 1. The maximum Gasteiger partial charge on any atom is 0.225 e. The van der Waals surface area contributed by atoms with E-state index in [0.717, 1.165) is 10.6 Å². The van der Waals surface area contributed by atoms with Crippen molar-refractivity contribution in [3.63, 3.8) is 0 Å². The second kappa shape index (κ2) is 9.46. The standard InChI is InChI=1S/C22H18N2O2S/c23-16-17-10-12-19(13-11-17)27-15-14-22(25)24-20-8-4-5-9-21(20)26-18-6-2-1-3-7-18/h1-13H,14-15H2,(H,24,25). The first-order chi connectivity index (χ1) is 13.2. The molecule has 0 aliphatic rings. The van der Waals surface area contributed by atoms with Crippen LogP contribution >= 0.6 is 11.8 Å². The molecule has 0 unspecified atom stereocenters. The van der Waals surface area contributed by atoms with Crippen LogP contribution in [0.25, 0.3) is 0 Å². The molecule has 3 rings (SSSR count). The Morgan fingerprint density at radius 1 is 0.963 bits per heavy atom. The number of carbonyl (C=O) groups excluding carboxylic acids is 1. The minimum Gasteiger partial charge on any atom is -0.455 e. The lowest BCUT2D eigenvalue weighted by Gasteiger charge is -2.12. The van der Waals surface area contributed by atoms with Gasteiger partial charge in [0.2, 0.25) is 5.91 Å². The summed E-state index contributed by atoms with van der Waals surface area (Å²) in [4.78, 5) is 13.3. The molecule has 1 N–H and O–H groups in total. The van der Waals surface area contributed by atoms with Gasteiger partial charge in [-0.25, -0.2) is 0 Å². The van der Waals surface area contributed by atoms with Crippen molar-refractivity contribution in [2.75, 3.05) is 11.1 Å². The van der Waals surface area contributed by atoms with Crippen molar-refractivity contribution in [2.24, 2.45) is 0 Å². The number of hydrogen-bond acceptors (Lipinski definition) is 4. The van der Waals surface area contributed by atoms with Crippen LogP contribution in [0.4, 0.5) is 5.69 Å². The smallest absolute Gasteiger partial charge is 0.225 e. The van der Waals surface area contributed by atoms with Crippen molar-refractivity contribution in [2.45, 2.75) is 11.3 Å². The summed E-state index contributed by atoms with van der Waals surface area (Å²) in [6.45, 7) is 0. The van der Waals surface area contributed by atoms with Gasteiger partial charge in [0.05, 0.1) is 17.3 Å². The van der Waals surface area contributed by atoms with Gasteiger partial charge in [0.15, 0.2) is 5.75 Å². The van der Waals surface area contributed by atoms with E-state index in [4.69, 9.17) is 10.00 Å². The number of hydrogen-bond donors (Lipinski definition) is 1. The third-order valence-electron chi connectivity index (χ3n) is 3.71. The Kier molecular flexibility index (Phi) is 6.50. The number of carbonyl (C=O) groups is 1. The van der Waals surface area contributed by atoms with Gasteiger partial charge in [0, 0.05) is 17.1 Å². The van der Waals surface area contributed by atoms with Gasteiger partial charge in [0.25, 0.3) is 0 Å². The van der Waals surface area contributed by atoms with Gasteiger partial charge in [-0.05, 0) is 48.5 Å². The topological polar surface area (TPSA) is 62.1 Å². The van der Waals surface area contributed by atoms with E-state index < -0.39 is 0 Å². The van der Waals surface area contributed by atoms with E-state index in [1.165, 1.54) is 0 Å². The van der Waals surface area contributed by atoms with E-state index in [2.05, 4.69) is 11.4 Å². The van der Waals surface area contributed by atoms with Crippen LogP contribution in [0.3, 0.4) is 0 Å². The molecule has 3 aromatic rings. The van der Waals surface area contributed by atoms with Crippen molar-refractivity contribution in [1.29, 1.82) is 5.26 Å². The van der Waals surface area contributed by atoms with E-state index in [9.17, 15) is 4.79 Å². The van der Waals surface area contributed by atoms with Crippen molar-refractivity contribution >= 4 is 23.4 Å². The fraction of sp³-hybridized carbons (Fsp3) is 0.0909. The highest BCUT2D eigenvalue weighted by Gasteiger charge is 2.08. The third-order valence-corrected chi connectivity index (χ3v) is 4.73. The van der Waals surface area contributed by atoms with Gasteiger partial charge in [0.1, 0.15) is 5.75 Å². The number of nitrogens with zero attached hydrogens (tertiary/aromatic N) is 1. The number of amides is 1. The molecule has 3 aromatic carbocycles. The Hall–Kier alpha value is -3.23. The molecule has 0 bridgehead atoms. The first-order valence-electron chi connectivity index (χ1n) is 8.49. The molecule has 0 heterocycles.